The van der Waals surface area contributed by atoms with Crippen molar-refractivity contribution >= 4 is 35.4 Å². The van der Waals surface area contributed by atoms with Gasteiger partial charge in [0.25, 0.3) is 0 Å². The van der Waals surface area contributed by atoms with Crippen LogP contribution in [0.15, 0.2) is 52.7 Å². The molecular formula is C14H12Cl2N4. The summed E-state index contributed by atoms with van der Waals surface area (Å²) in [5, 5.41) is 8.48. The third kappa shape index (κ3) is 3.98. The predicted octanol–water partition coefficient (Wildman–Crippen LogP) is 3.27. The highest BCUT2D eigenvalue weighted by molar-refractivity contribution is 6.35. The number of halogens is 2. The van der Waals surface area contributed by atoms with Gasteiger partial charge in [-0.15, -0.1) is 5.10 Å². The fourth-order valence-electron chi connectivity index (χ4n) is 1.64. The summed E-state index contributed by atoms with van der Waals surface area (Å²) in [7, 11) is 0. The monoisotopic (exact) mass is 306 g/mol. The first-order chi connectivity index (χ1) is 9.54. The first kappa shape index (κ1) is 14.4. The normalized spacial score (nSPS) is 10.7. The van der Waals surface area contributed by atoms with Crippen molar-refractivity contribution in [2.24, 2.45) is 21.7 Å². The summed E-state index contributed by atoms with van der Waals surface area (Å²) in [6.45, 7) is 0. The fourth-order valence-corrected chi connectivity index (χ4v) is 2.17. The van der Waals surface area contributed by atoms with E-state index in [2.05, 4.69) is 10.2 Å². The largest absolute Gasteiger partial charge is 0.369 e. The van der Waals surface area contributed by atoms with Gasteiger partial charge in [0.05, 0.1) is 6.21 Å². The van der Waals surface area contributed by atoms with E-state index in [0.717, 1.165) is 16.7 Å². The highest BCUT2D eigenvalue weighted by Crippen LogP contribution is 2.27. The molecule has 0 aliphatic carbocycles. The van der Waals surface area contributed by atoms with Gasteiger partial charge in [0.15, 0.2) is 0 Å². The van der Waals surface area contributed by atoms with Crippen LogP contribution in [-0.2, 0) is 0 Å². The summed E-state index contributed by atoms with van der Waals surface area (Å²) in [6, 6.07) is 13.1. The molecule has 4 nitrogen and oxygen atoms in total. The van der Waals surface area contributed by atoms with Crippen molar-refractivity contribution in [3.05, 3.63) is 58.1 Å². The molecule has 0 aromatic heterocycles. The quantitative estimate of drug-likeness (QED) is 0.518. The Morgan fingerprint density at radius 2 is 1.50 bits per heavy atom. The molecule has 0 spiro atoms. The molecule has 4 N–H and O–H groups in total. The molecule has 0 heterocycles. The van der Waals surface area contributed by atoms with E-state index >= 15 is 0 Å². The molecular weight excluding hydrogens is 295 g/mol. The Hall–Kier alpha value is -2.04. The highest BCUT2D eigenvalue weighted by atomic mass is 35.5. The van der Waals surface area contributed by atoms with Gasteiger partial charge in [0.1, 0.15) is 0 Å². The van der Waals surface area contributed by atoms with E-state index in [1.807, 2.05) is 36.4 Å². The Labute approximate surface area is 126 Å². The lowest BCUT2D eigenvalue weighted by Crippen LogP contribution is -2.21. The molecule has 0 amide bonds. The third-order valence-electron chi connectivity index (χ3n) is 2.49. The van der Waals surface area contributed by atoms with Crippen LogP contribution in [0.1, 0.15) is 5.56 Å². The van der Waals surface area contributed by atoms with Crippen LogP contribution in [0.25, 0.3) is 11.1 Å². The molecule has 20 heavy (non-hydrogen) atoms. The Kier molecular flexibility index (Phi) is 4.61. The molecule has 0 aliphatic heterocycles. The maximum atomic E-state index is 5.99. The second kappa shape index (κ2) is 6.41. The van der Waals surface area contributed by atoms with Crippen LogP contribution >= 0.6 is 23.2 Å². The molecule has 102 valence electrons. The molecule has 0 unspecified atom stereocenters. The van der Waals surface area contributed by atoms with Crippen molar-refractivity contribution in [2.45, 2.75) is 0 Å². The predicted molar refractivity (Wildman–Crippen MR) is 85.3 cm³/mol. The SMILES string of the molecule is NC(N)=NN=Cc1ccc(-c2cc(Cl)cc(Cl)c2)cc1. The van der Waals surface area contributed by atoms with Crippen LogP contribution in [0.5, 0.6) is 0 Å². The number of rotatable bonds is 3. The van der Waals surface area contributed by atoms with Crippen molar-refractivity contribution < 1.29 is 0 Å². The van der Waals surface area contributed by atoms with Crippen LogP contribution in [0.2, 0.25) is 10.0 Å². The van der Waals surface area contributed by atoms with Crippen molar-refractivity contribution in [3.63, 3.8) is 0 Å². The minimum Gasteiger partial charge on any atom is -0.369 e. The standard InChI is InChI=1S/C14H12Cl2N4/c15-12-5-11(6-13(16)7-12)10-3-1-9(2-4-10)8-19-20-14(17)18/h1-8H,(H4,17,18,20). The highest BCUT2D eigenvalue weighted by Gasteiger charge is 2.01. The molecule has 2 rings (SSSR count). The summed E-state index contributed by atoms with van der Waals surface area (Å²) >= 11 is 12.0. The number of hydrogen-bond donors (Lipinski definition) is 2. The zero-order valence-corrected chi connectivity index (χ0v) is 11.9. The van der Waals surface area contributed by atoms with Crippen LogP contribution in [0.4, 0.5) is 0 Å². The number of nitrogens with two attached hydrogens (primary N) is 2. The number of nitrogens with zero attached hydrogens (tertiary/aromatic N) is 2. The van der Waals surface area contributed by atoms with Gasteiger partial charge in [-0.2, -0.15) is 5.10 Å². The van der Waals surface area contributed by atoms with E-state index in [9.17, 15) is 0 Å². The van der Waals surface area contributed by atoms with Crippen molar-refractivity contribution in [3.8, 4) is 11.1 Å². The Balaban J connectivity index is 2.23. The summed E-state index contributed by atoms with van der Waals surface area (Å²) in [6.07, 6.45) is 1.56. The minimum absolute atomic E-state index is 0.0774. The number of guanidine groups is 1. The molecule has 2 aromatic rings. The van der Waals surface area contributed by atoms with Gasteiger partial charge in [-0.05, 0) is 34.9 Å². The van der Waals surface area contributed by atoms with E-state index in [1.165, 1.54) is 0 Å². The zero-order chi connectivity index (χ0) is 14.5. The van der Waals surface area contributed by atoms with Crippen molar-refractivity contribution in [2.75, 3.05) is 0 Å². The first-order valence-corrected chi connectivity index (χ1v) is 6.49. The van der Waals surface area contributed by atoms with Crippen molar-refractivity contribution in [1.82, 2.24) is 0 Å². The third-order valence-corrected chi connectivity index (χ3v) is 2.92. The van der Waals surface area contributed by atoms with Gasteiger partial charge in [0, 0.05) is 10.0 Å². The summed E-state index contributed by atoms with van der Waals surface area (Å²) in [5.41, 5.74) is 13.2. The average molecular weight is 307 g/mol. The molecule has 0 fully saturated rings. The molecule has 0 saturated heterocycles. The molecule has 0 bridgehead atoms. The topological polar surface area (TPSA) is 76.8 Å². The average Bonchev–Trinajstić information content (AvgIpc) is 2.38. The molecule has 6 heteroatoms. The lowest BCUT2D eigenvalue weighted by molar-refractivity contribution is 1.21. The summed E-state index contributed by atoms with van der Waals surface area (Å²) in [5.74, 6) is -0.0774. The van der Waals surface area contributed by atoms with Gasteiger partial charge >= 0.3 is 0 Å². The molecule has 0 atom stereocenters. The smallest absolute Gasteiger partial charge is 0.211 e. The van der Waals surface area contributed by atoms with Gasteiger partial charge < -0.3 is 11.5 Å². The second-order valence-corrected chi connectivity index (χ2v) is 4.92. The van der Waals surface area contributed by atoms with Crippen LogP contribution in [-0.4, -0.2) is 12.2 Å². The van der Waals surface area contributed by atoms with Gasteiger partial charge in [-0.1, -0.05) is 47.5 Å². The van der Waals surface area contributed by atoms with Gasteiger partial charge in [-0.3, -0.25) is 0 Å². The van der Waals surface area contributed by atoms with E-state index in [0.29, 0.717) is 10.0 Å². The molecule has 0 radical (unpaired) electrons. The maximum Gasteiger partial charge on any atom is 0.211 e. The van der Waals surface area contributed by atoms with E-state index in [4.69, 9.17) is 34.7 Å². The Bertz CT molecular complexity index is 639. The van der Waals surface area contributed by atoms with Crippen LogP contribution < -0.4 is 11.5 Å². The van der Waals surface area contributed by atoms with Gasteiger partial charge in [0.2, 0.25) is 5.96 Å². The lowest BCUT2D eigenvalue weighted by Gasteiger charge is -2.04. The summed E-state index contributed by atoms with van der Waals surface area (Å²) < 4.78 is 0. The minimum atomic E-state index is -0.0774. The lowest BCUT2D eigenvalue weighted by atomic mass is 10.0. The van der Waals surface area contributed by atoms with E-state index in [-0.39, 0.29) is 5.96 Å². The molecule has 0 aliphatic rings. The number of hydrogen-bond acceptors (Lipinski definition) is 2. The first-order valence-electron chi connectivity index (χ1n) is 5.73. The van der Waals surface area contributed by atoms with Crippen LogP contribution in [0.3, 0.4) is 0 Å². The molecule has 0 saturated carbocycles. The Morgan fingerprint density at radius 1 is 0.900 bits per heavy atom. The van der Waals surface area contributed by atoms with Crippen molar-refractivity contribution in [1.29, 1.82) is 0 Å². The number of benzene rings is 2. The fraction of sp³-hybridized carbons (Fsp3) is 0. The van der Waals surface area contributed by atoms with Crippen LogP contribution in [0, 0.1) is 0 Å². The summed E-state index contributed by atoms with van der Waals surface area (Å²) in [4.78, 5) is 0. The molecule has 2 aromatic carbocycles. The van der Waals surface area contributed by atoms with Gasteiger partial charge in [-0.25, -0.2) is 0 Å². The zero-order valence-electron chi connectivity index (χ0n) is 10.4. The Morgan fingerprint density at radius 3 is 2.05 bits per heavy atom. The van der Waals surface area contributed by atoms with E-state index < -0.39 is 0 Å². The van der Waals surface area contributed by atoms with E-state index in [1.54, 1.807) is 12.3 Å². The second-order valence-electron chi connectivity index (χ2n) is 4.05. The maximum absolute atomic E-state index is 5.99.